The molecule has 0 amide bonds. The fourth-order valence-corrected chi connectivity index (χ4v) is 3.83. The van der Waals surface area contributed by atoms with Gasteiger partial charge >= 0.3 is 0 Å². The number of nitrogens with zero attached hydrogens (tertiary/aromatic N) is 7. The minimum Gasteiger partial charge on any atom is -0.495 e. The average Bonchev–Trinajstić information content (AvgIpc) is 3.62. The second kappa shape index (κ2) is 11.0. The van der Waals surface area contributed by atoms with Crippen LogP contribution in [0.25, 0.3) is 11.1 Å². The largest absolute Gasteiger partial charge is 0.495 e. The summed E-state index contributed by atoms with van der Waals surface area (Å²) in [5.74, 6) is 1.65. The molecule has 5 rings (SSSR count). The Morgan fingerprint density at radius 2 is 1.95 bits per heavy atom. The highest BCUT2D eigenvalue weighted by Crippen LogP contribution is 2.30. The fourth-order valence-electron chi connectivity index (χ4n) is 3.83. The molecule has 188 valence electrons. The summed E-state index contributed by atoms with van der Waals surface area (Å²) in [7, 11) is 1.65. The number of hydrogen-bond acceptors (Lipinski definition) is 10. The van der Waals surface area contributed by atoms with E-state index in [1.807, 2.05) is 31.2 Å². The molecule has 1 aliphatic rings. The number of nitriles is 1. The van der Waals surface area contributed by atoms with Gasteiger partial charge in [-0.2, -0.15) is 5.26 Å². The molecule has 11 nitrogen and oxygen atoms in total. The molecule has 0 radical (unpaired) electrons. The van der Waals surface area contributed by atoms with E-state index in [1.54, 1.807) is 30.3 Å². The van der Waals surface area contributed by atoms with Crippen molar-refractivity contribution in [2.45, 2.75) is 45.0 Å². The zero-order valence-electron chi connectivity index (χ0n) is 20.6. The van der Waals surface area contributed by atoms with Crippen molar-refractivity contribution < 1.29 is 9.47 Å². The number of nitrogens with one attached hydrogen (secondary N) is 2. The lowest BCUT2D eigenvalue weighted by atomic mass is 10.1. The predicted molar refractivity (Wildman–Crippen MR) is 136 cm³/mol. The highest BCUT2D eigenvalue weighted by Gasteiger charge is 2.20. The molecule has 11 heteroatoms. The molecular weight excluding hydrogens is 470 g/mol. The normalized spacial score (nSPS) is 13.5. The third-order valence-electron chi connectivity index (χ3n) is 5.94. The summed E-state index contributed by atoms with van der Waals surface area (Å²) in [4.78, 5) is 8.96. The number of benzene rings is 2. The van der Waals surface area contributed by atoms with Crippen molar-refractivity contribution in [1.29, 1.82) is 5.26 Å². The molecule has 0 bridgehead atoms. The number of methoxy groups -OCH3 is 1. The van der Waals surface area contributed by atoms with Crippen molar-refractivity contribution in [3.8, 4) is 28.7 Å². The van der Waals surface area contributed by atoms with Gasteiger partial charge in [0.2, 0.25) is 5.95 Å². The Morgan fingerprint density at radius 1 is 1.11 bits per heavy atom. The Kier molecular flexibility index (Phi) is 7.19. The smallest absolute Gasteiger partial charge is 0.227 e. The summed E-state index contributed by atoms with van der Waals surface area (Å²) < 4.78 is 13.2. The Balaban J connectivity index is 1.28. The lowest BCUT2D eigenvalue weighted by Crippen LogP contribution is -2.20. The van der Waals surface area contributed by atoms with E-state index in [4.69, 9.17) is 9.47 Å². The molecule has 1 saturated carbocycles. The van der Waals surface area contributed by atoms with Gasteiger partial charge in [-0.15, -0.1) is 5.10 Å². The van der Waals surface area contributed by atoms with E-state index in [2.05, 4.69) is 48.3 Å². The molecule has 0 unspecified atom stereocenters. The highest BCUT2D eigenvalue weighted by molar-refractivity contribution is 5.68. The third-order valence-corrected chi connectivity index (χ3v) is 5.94. The van der Waals surface area contributed by atoms with Crippen LogP contribution >= 0.6 is 0 Å². The van der Waals surface area contributed by atoms with Crippen molar-refractivity contribution in [2.24, 2.45) is 0 Å². The Hall–Kier alpha value is -4.56. The van der Waals surface area contributed by atoms with Crippen LogP contribution in [-0.2, 0) is 13.1 Å². The van der Waals surface area contributed by atoms with Crippen molar-refractivity contribution in [1.82, 2.24) is 35.5 Å². The summed E-state index contributed by atoms with van der Waals surface area (Å²) in [6.07, 6.45) is 7.23. The molecule has 2 aromatic carbocycles. The van der Waals surface area contributed by atoms with E-state index in [0.29, 0.717) is 29.8 Å². The molecule has 0 saturated heterocycles. The molecule has 2 heterocycles. The summed E-state index contributed by atoms with van der Waals surface area (Å²) in [6.45, 7) is 3.16. The van der Waals surface area contributed by atoms with E-state index in [-0.39, 0.29) is 6.10 Å². The van der Waals surface area contributed by atoms with Crippen LogP contribution < -0.4 is 20.1 Å². The first-order valence-corrected chi connectivity index (χ1v) is 12.0. The Labute approximate surface area is 214 Å². The van der Waals surface area contributed by atoms with Crippen molar-refractivity contribution in [3.05, 3.63) is 66.2 Å². The predicted octanol–water partition coefficient (Wildman–Crippen LogP) is 3.47. The molecule has 4 aromatic rings. The monoisotopic (exact) mass is 497 g/mol. The third kappa shape index (κ3) is 6.17. The molecule has 0 aliphatic heterocycles. The van der Waals surface area contributed by atoms with Crippen molar-refractivity contribution in [3.63, 3.8) is 0 Å². The lowest BCUT2D eigenvalue weighted by molar-refractivity contribution is 0.192. The average molecular weight is 498 g/mol. The number of tetrazole rings is 1. The fraction of sp³-hybridized carbons (Fsp3) is 0.308. The van der Waals surface area contributed by atoms with Gasteiger partial charge in [-0.25, -0.2) is 14.6 Å². The molecule has 37 heavy (non-hydrogen) atoms. The van der Waals surface area contributed by atoms with Gasteiger partial charge in [0.25, 0.3) is 0 Å². The van der Waals surface area contributed by atoms with Gasteiger partial charge < -0.3 is 20.1 Å². The van der Waals surface area contributed by atoms with Gasteiger partial charge in [0.05, 0.1) is 24.9 Å². The quantitative estimate of drug-likeness (QED) is 0.317. The number of rotatable bonds is 11. The number of anilines is 2. The number of ether oxygens (including phenoxy) is 2. The van der Waals surface area contributed by atoms with Crippen LogP contribution in [0.4, 0.5) is 11.6 Å². The Morgan fingerprint density at radius 3 is 2.65 bits per heavy atom. The van der Waals surface area contributed by atoms with E-state index >= 15 is 0 Å². The molecular formula is C26H27N9O2. The first-order chi connectivity index (χ1) is 18.1. The van der Waals surface area contributed by atoms with Crippen LogP contribution in [0.1, 0.15) is 30.9 Å². The number of hydrogen-bond donors (Lipinski definition) is 2. The van der Waals surface area contributed by atoms with Crippen molar-refractivity contribution >= 4 is 11.6 Å². The zero-order valence-corrected chi connectivity index (χ0v) is 20.6. The van der Waals surface area contributed by atoms with Crippen LogP contribution in [-0.4, -0.2) is 49.4 Å². The van der Waals surface area contributed by atoms with E-state index in [1.165, 1.54) is 19.2 Å². The summed E-state index contributed by atoms with van der Waals surface area (Å²) in [5.41, 5.74) is 4.02. The van der Waals surface area contributed by atoms with Gasteiger partial charge in [0.1, 0.15) is 30.0 Å². The summed E-state index contributed by atoms with van der Waals surface area (Å²) >= 11 is 0. The molecule has 2 N–H and O–H groups in total. The van der Waals surface area contributed by atoms with Gasteiger partial charge in [-0.05, 0) is 65.6 Å². The molecule has 1 aliphatic carbocycles. The highest BCUT2D eigenvalue weighted by atomic mass is 16.5. The molecule has 1 atom stereocenters. The van der Waals surface area contributed by atoms with Crippen LogP contribution in [0.15, 0.2) is 55.1 Å². The minimum atomic E-state index is -0.250. The lowest BCUT2D eigenvalue weighted by Gasteiger charge is -2.16. The minimum absolute atomic E-state index is 0.250. The van der Waals surface area contributed by atoms with E-state index in [9.17, 15) is 5.26 Å². The van der Waals surface area contributed by atoms with E-state index < -0.39 is 0 Å². The molecule has 0 spiro atoms. The summed E-state index contributed by atoms with van der Waals surface area (Å²) in [5, 5.41) is 27.4. The van der Waals surface area contributed by atoms with Gasteiger partial charge in [-0.3, -0.25) is 0 Å². The van der Waals surface area contributed by atoms with Crippen LogP contribution in [0.5, 0.6) is 11.5 Å². The number of aromatic nitrogens is 6. The van der Waals surface area contributed by atoms with Crippen LogP contribution in [0.3, 0.4) is 0 Å². The summed E-state index contributed by atoms with van der Waals surface area (Å²) in [6, 6.07) is 14.3. The van der Waals surface area contributed by atoms with Gasteiger partial charge in [0, 0.05) is 30.5 Å². The molecule has 2 aromatic heterocycles. The maximum atomic E-state index is 9.53. The second-order valence-corrected chi connectivity index (χ2v) is 8.89. The van der Waals surface area contributed by atoms with Crippen molar-refractivity contribution in [2.75, 3.05) is 12.4 Å². The first kappa shape index (κ1) is 24.1. The molecule has 1 fully saturated rings. The van der Waals surface area contributed by atoms with Crippen LogP contribution in [0.2, 0.25) is 0 Å². The first-order valence-electron chi connectivity index (χ1n) is 12.0. The van der Waals surface area contributed by atoms with Gasteiger partial charge in [0.15, 0.2) is 0 Å². The topological polar surface area (TPSA) is 136 Å². The second-order valence-electron chi connectivity index (χ2n) is 8.89. The van der Waals surface area contributed by atoms with Gasteiger partial charge in [-0.1, -0.05) is 12.1 Å². The maximum absolute atomic E-state index is 9.53. The van der Waals surface area contributed by atoms with E-state index in [0.717, 1.165) is 34.7 Å². The van der Waals surface area contributed by atoms with Crippen LogP contribution in [0, 0.1) is 11.3 Å². The SMILES string of the molecule is COc1cc(CNC2CC2)ccc1Nc1ncc(-c2ccc(C#N)c(O[C@@H](C)Cn3cnnn3)c2)cn1. The zero-order chi connectivity index (χ0) is 25.6. The standard InChI is InChI=1S/C26H27N9O2/c1-17(15-35-16-31-33-34-35)37-24-10-19(4-5-20(24)11-27)21-13-29-26(30-14-21)32-23-8-3-18(9-25(23)36-2)12-28-22-6-7-22/h3-5,8-10,13-14,16-17,22,28H,6-7,12,15H2,1-2H3,(H,29,30,32)/t17-/m0/s1. The maximum Gasteiger partial charge on any atom is 0.227 e. The Bertz CT molecular complexity index is 1380.